The summed E-state index contributed by atoms with van der Waals surface area (Å²) in [5, 5.41) is 1.11. The van der Waals surface area contributed by atoms with Crippen LogP contribution in [-0.2, 0) is 0 Å². The van der Waals surface area contributed by atoms with Crippen molar-refractivity contribution in [1.82, 2.24) is 4.90 Å². The molecule has 5 heteroatoms. The van der Waals surface area contributed by atoms with Crippen molar-refractivity contribution in [2.75, 3.05) is 12.3 Å². The van der Waals surface area contributed by atoms with E-state index in [-0.39, 0.29) is 11.9 Å². The van der Waals surface area contributed by atoms with Crippen molar-refractivity contribution in [1.29, 1.82) is 0 Å². The maximum absolute atomic E-state index is 12.5. The fourth-order valence-electron chi connectivity index (χ4n) is 2.01. The summed E-state index contributed by atoms with van der Waals surface area (Å²) >= 11 is 11.2. The van der Waals surface area contributed by atoms with Crippen LogP contribution in [-0.4, -0.2) is 34.4 Å². The Balaban J connectivity index is 2.22. The largest absolute Gasteiger partial charge is 0.334 e. The summed E-state index contributed by atoms with van der Waals surface area (Å²) in [6, 6.07) is 5.61. The second-order valence-corrected chi connectivity index (χ2v) is 7.19. The molecule has 2 unspecified atom stereocenters. The standard InChI is InChI=1S/C13H15BrClNOS/c1-8-9(2)18-6-5-16(8)13(17)10-3-4-12(15)11(14)7-10/h3-4,7-9H,5-6H2,1-2H3. The first-order valence-electron chi connectivity index (χ1n) is 5.88. The number of halogens is 2. The van der Waals surface area contributed by atoms with Crippen LogP contribution in [0.25, 0.3) is 0 Å². The van der Waals surface area contributed by atoms with Crippen LogP contribution >= 0.6 is 39.3 Å². The van der Waals surface area contributed by atoms with Crippen LogP contribution in [0.3, 0.4) is 0 Å². The molecule has 1 saturated heterocycles. The van der Waals surface area contributed by atoms with E-state index in [9.17, 15) is 4.79 Å². The molecule has 1 aliphatic rings. The Morgan fingerprint density at radius 2 is 2.22 bits per heavy atom. The molecular formula is C13H15BrClNOS. The van der Waals surface area contributed by atoms with Gasteiger partial charge in [0.25, 0.3) is 5.91 Å². The van der Waals surface area contributed by atoms with Crippen molar-refractivity contribution in [2.24, 2.45) is 0 Å². The molecule has 0 aromatic heterocycles. The van der Waals surface area contributed by atoms with Crippen LogP contribution < -0.4 is 0 Å². The van der Waals surface area contributed by atoms with Gasteiger partial charge in [-0.2, -0.15) is 11.8 Å². The first-order chi connectivity index (χ1) is 8.50. The Labute approximate surface area is 125 Å². The Bertz CT molecular complexity index is 468. The summed E-state index contributed by atoms with van der Waals surface area (Å²) in [6.45, 7) is 5.10. The van der Waals surface area contributed by atoms with Gasteiger partial charge in [0.2, 0.25) is 0 Å². The van der Waals surface area contributed by atoms with E-state index < -0.39 is 0 Å². The minimum Gasteiger partial charge on any atom is -0.334 e. The normalized spacial score (nSPS) is 24.1. The zero-order valence-electron chi connectivity index (χ0n) is 10.3. The monoisotopic (exact) mass is 347 g/mol. The number of benzene rings is 1. The number of carbonyl (C=O) groups is 1. The van der Waals surface area contributed by atoms with Crippen molar-refractivity contribution in [2.45, 2.75) is 25.1 Å². The number of rotatable bonds is 1. The minimum atomic E-state index is 0.0898. The Kier molecular flexibility index (Phi) is 4.62. The lowest BCUT2D eigenvalue weighted by atomic mass is 10.1. The van der Waals surface area contributed by atoms with E-state index >= 15 is 0 Å². The van der Waals surface area contributed by atoms with Gasteiger partial charge >= 0.3 is 0 Å². The predicted octanol–water partition coefficient (Wildman–Crippen LogP) is 4.07. The number of thioether (sulfide) groups is 1. The third-order valence-corrected chi connectivity index (χ3v) is 5.86. The van der Waals surface area contributed by atoms with Crippen molar-refractivity contribution < 1.29 is 4.79 Å². The molecule has 1 aliphatic heterocycles. The SMILES string of the molecule is CC1SCCN(C(=O)c2ccc(Cl)c(Br)c2)C1C. The maximum Gasteiger partial charge on any atom is 0.254 e. The highest BCUT2D eigenvalue weighted by molar-refractivity contribution is 9.10. The van der Waals surface area contributed by atoms with Gasteiger partial charge in [-0.15, -0.1) is 0 Å². The van der Waals surface area contributed by atoms with Crippen molar-refractivity contribution >= 4 is 45.2 Å². The number of carbonyl (C=O) groups excluding carboxylic acids is 1. The highest BCUT2D eigenvalue weighted by Crippen LogP contribution is 2.28. The van der Waals surface area contributed by atoms with Crippen LogP contribution in [0, 0.1) is 0 Å². The van der Waals surface area contributed by atoms with Gasteiger partial charge in [0.05, 0.1) is 5.02 Å². The molecule has 2 atom stereocenters. The topological polar surface area (TPSA) is 20.3 Å². The summed E-state index contributed by atoms with van der Waals surface area (Å²) in [7, 11) is 0. The van der Waals surface area contributed by atoms with Crippen LogP contribution in [0.5, 0.6) is 0 Å². The van der Waals surface area contributed by atoms with Gasteiger partial charge in [0, 0.05) is 33.6 Å². The van der Waals surface area contributed by atoms with Gasteiger partial charge in [-0.1, -0.05) is 18.5 Å². The molecule has 2 nitrogen and oxygen atoms in total. The summed E-state index contributed by atoms with van der Waals surface area (Å²) in [4.78, 5) is 14.4. The summed E-state index contributed by atoms with van der Waals surface area (Å²) in [6.07, 6.45) is 0. The lowest BCUT2D eigenvalue weighted by Crippen LogP contribution is -2.47. The Morgan fingerprint density at radius 3 is 2.89 bits per heavy atom. The Hall–Kier alpha value is -0.190. The first-order valence-corrected chi connectivity index (χ1v) is 8.10. The van der Waals surface area contributed by atoms with Gasteiger partial charge in [-0.3, -0.25) is 4.79 Å². The van der Waals surface area contributed by atoms with Gasteiger partial charge in [-0.05, 0) is 41.1 Å². The van der Waals surface area contributed by atoms with E-state index in [2.05, 4.69) is 29.8 Å². The third-order valence-electron chi connectivity index (χ3n) is 3.31. The van der Waals surface area contributed by atoms with Gasteiger partial charge in [-0.25, -0.2) is 0 Å². The average Bonchev–Trinajstić information content (AvgIpc) is 2.35. The highest BCUT2D eigenvalue weighted by atomic mass is 79.9. The molecular weight excluding hydrogens is 334 g/mol. The molecule has 1 fully saturated rings. The van der Waals surface area contributed by atoms with Crippen molar-refractivity contribution in [3.8, 4) is 0 Å². The molecule has 0 radical (unpaired) electrons. The minimum absolute atomic E-state index is 0.0898. The van der Waals surface area contributed by atoms with Crippen molar-refractivity contribution in [3.05, 3.63) is 33.3 Å². The second-order valence-electron chi connectivity index (χ2n) is 4.44. The van der Waals surface area contributed by atoms with Crippen LogP contribution in [0.15, 0.2) is 22.7 Å². The molecule has 1 aromatic rings. The molecule has 0 bridgehead atoms. The van der Waals surface area contributed by atoms with E-state index in [1.165, 1.54) is 0 Å². The molecule has 1 heterocycles. The summed E-state index contributed by atoms with van der Waals surface area (Å²) in [5.41, 5.74) is 0.692. The highest BCUT2D eigenvalue weighted by Gasteiger charge is 2.29. The van der Waals surface area contributed by atoms with Crippen LogP contribution in [0.4, 0.5) is 0 Å². The quantitative estimate of drug-likeness (QED) is 0.762. The van der Waals surface area contributed by atoms with Gasteiger partial charge in [0.1, 0.15) is 0 Å². The zero-order chi connectivity index (χ0) is 13.3. The maximum atomic E-state index is 12.5. The first kappa shape index (κ1) is 14.2. The summed E-state index contributed by atoms with van der Waals surface area (Å²) < 4.78 is 0.766. The van der Waals surface area contributed by atoms with E-state index in [1.807, 2.05) is 16.7 Å². The fourth-order valence-corrected chi connectivity index (χ4v) is 3.61. The van der Waals surface area contributed by atoms with E-state index in [1.54, 1.807) is 18.2 Å². The van der Waals surface area contributed by atoms with E-state index in [0.29, 0.717) is 15.8 Å². The molecule has 0 spiro atoms. The van der Waals surface area contributed by atoms with Gasteiger partial charge < -0.3 is 4.90 Å². The lowest BCUT2D eigenvalue weighted by Gasteiger charge is -2.37. The second kappa shape index (κ2) is 5.85. The molecule has 0 aliphatic carbocycles. The smallest absolute Gasteiger partial charge is 0.254 e. The van der Waals surface area contributed by atoms with Gasteiger partial charge in [0.15, 0.2) is 0 Å². The fraction of sp³-hybridized carbons (Fsp3) is 0.462. The molecule has 1 amide bonds. The number of hydrogen-bond donors (Lipinski definition) is 0. The zero-order valence-corrected chi connectivity index (χ0v) is 13.5. The summed E-state index contributed by atoms with van der Waals surface area (Å²) in [5.74, 6) is 1.10. The molecule has 98 valence electrons. The molecule has 0 N–H and O–H groups in total. The van der Waals surface area contributed by atoms with Crippen LogP contribution in [0.1, 0.15) is 24.2 Å². The third kappa shape index (κ3) is 2.86. The lowest BCUT2D eigenvalue weighted by molar-refractivity contribution is 0.0698. The van der Waals surface area contributed by atoms with Crippen LogP contribution in [0.2, 0.25) is 5.02 Å². The Morgan fingerprint density at radius 1 is 1.50 bits per heavy atom. The van der Waals surface area contributed by atoms with E-state index in [0.717, 1.165) is 16.8 Å². The number of hydrogen-bond acceptors (Lipinski definition) is 2. The number of nitrogens with zero attached hydrogens (tertiary/aromatic N) is 1. The van der Waals surface area contributed by atoms with E-state index in [4.69, 9.17) is 11.6 Å². The molecule has 1 aromatic carbocycles. The molecule has 18 heavy (non-hydrogen) atoms. The average molecular weight is 349 g/mol. The number of amides is 1. The molecule has 2 rings (SSSR count). The predicted molar refractivity (Wildman–Crippen MR) is 81.6 cm³/mol. The van der Waals surface area contributed by atoms with Crippen molar-refractivity contribution in [3.63, 3.8) is 0 Å². The molecule has 0 saturated carbocycles.